The van der Waals surface area contributed by atoms with E-state index >= 15 is 0 Å². The maximum Gasteiger partial charge on any atom is 0.143 e. The van der Waals surface area contributed by atoms with E-state index in [4.69, 9.17) is 9.90 Å². The maximum atomic E-state index is 9.44. The smallest absolute Gasteiger partial charge is 0.143 e. The summed E-state index contributed by atoms with van der Waals surface area (Å²) in [5.41, 5.74) is 4.43. The molecule has 0 saturated heterocycles. The lowest BCUT2D eigenvalue weighted by Crippen LogP contribution is -1.92. The van der Waals surface area contributed by atoms with Crippen molar-refractivity contribution in [1.82, 2.24) is 0 Å². The second-order valence-electron chi connectivity index (χ2n) is 12.2. The molecular formula is C48H30O. The molecule has 0 bridgehead atoms. The largest absolute Gasteiger partial charge is 0.455 e. The summed E-state index contributed by atoms with van der Waals surface area (Å²) in [5.74, 6) is 0. The zero-order valence-electron chi connectivity index (χ0n) is 34.1. The SMILES string of the molecule is [2H]c1c([2H])c([2H])c(-c2c3ccccc3c(-c3ccc4oc5c6ccccc6ccc5c4c3)c3ccccc23)c(-c2c([2H])c([2H])c(-c3ccccc3)c([2H])c2[2H])c1[2H]. The van der Waals surface area contributed by atoms with Gasteiger partial charge in [0.1, 0.15) is 11.2 Å². The fraction of sp³-hybridized carbons (Fsp3) is 0. The molecule has 0 amide bonds. The van der Waals surface area contributed by atoms with Gasteiger partial charge in [-0.3, -0.25) is 0 Å². The number of hydrogen-bond donors (Lipinski definition) is 0. The highest BCUT2D eigenvalue weighted by Crippen LogP contribution is 2.47. The molecule has 0 saturated carbocycles. The summed E-state index contributed by atoms with van der Waals surface area (Å²) in [4.78, 5) is 0. The van der Waals surface area contributed by atoms with E-state index in [0.717, 1.165) is 54.6 Å². The van der Waals surface area contributed by atoms with Crippen molar-refractivity contribution in [2.75, 3.05) is 0 Å². The molecule has 49 heavy (non-hydrogen) atoms. The van der Waals surface area contributed by atoms with Gasteiger partial charge in [0, 0.05) is 16.2 Å². The fourth-order valence-corrected chi connectivity index (χ4v) is 7.24. The van der Waals surface area contributed by atoms with Crippen molar-refractivity contribution in [3.05, 3.63) is 182 Å². The van der Waals surface area contributed by atoms with Crippen LogP contribution < -0.4 is 0 Å². The van der Waals surface area contributed by atoms with Gasteiger partial charge >= 0.3 is 0 Å². The van der Waals surface area contributed by atoms with Crippen LogP contribution in [0, 0.1) is 0 Å². The van der Waals surface area contributed by atoms with Crippen LogP contribution in [0.3, 0.4) is 0 Å². The molecule has 0 aliphatic heterocycles. The Balaban J connectivity index is 1.30. The highest BCUT2D eigenvalue weighted by atomic mass is 16.3. The Morgan fingerprint density at radius 2 is 0.959 bits per heavy atom. The predicted octanol–water partition coefficient (Wildman–Crippen LogP) is 13.7. The average molecular weight is 631 g/mol. The first-order valence-corrected chi connectivity index (χ1v) is 16.2. The van der Waals surface area contributed by atoms with Gasteiger partial charge in [-0.1, -0.05) is 164 Å². The molecule has 0 unspecified atom stereocenters. The first-order chi connectivity index (χ1) is 27.7. The molecule has 0 fully saturated rings. The van der Waals surface area contributed by atoms with E-state index in [0.29, 0.717) is 21.9 Å². The van der Waals surface area contributed by atoms with E-state index in [1.165, 1.54) is 0 Å². The summed E-state index contributed by atoms with van der Waals surface area (Å²) in [7, 11) is 0. The summed E-state index contributed by atoms with van der Waals surface area (Å²) in [5, 5.41) is 7.17. The summed E-state index contributed by atoms with van der Waals surface area (Å²) in [6.07, 6.45) is 0. The van der Waals surface area contributed by atoms with Crippen molar-refractivity contribution in [2.24, 2.45) is 0 Å². The van der Waals surface area contributed by atoms with Gasteiger partial charge in [0.2, 0.25) is 0 Å². The number of hydrogen-bond acceptors (Lipinski definition) is 1. The molecule has 10 rings (SSSR count). The lowest BCUT2D eigenvalue weighted by Gasteiger charge is -2.20. The lowest BCUT2D eigenvalue weighted by atomic mass is 9.83. The van der Waals surface area contributed by atoms with Crippen molar-refractivity contribution in [3.63, 3.8) is 0 Å². The Hall–Kier alpha value is -6.44. The third kappa shape index (κ3) is 4.40. The minimum atomic E-state index is -0.526. The summed E-state index contributed by atoms with van der Waals surface area (Å²) < 4.78 is 79.6. The summed E-state index contributed by atoms with van der Waals surface area (Å²) in [6.45, 7) is 0. The quantitative estimate of drug-likeness (QED) is 0.176. The van der Waals surface area contributed by atoms with Gasteiger partial charge in [-0.05, 0) is 89.6 Å². The minimum absolute atomic E-state index is 0.0841. The van der Waals surface area contributed by atoms with Gasteiger partial charge < -0.3 is 4.42 Å². The number of rotatable bonds is 4. The van der Waals surface area contributed by atoms with Crippen molar-refractivity contribution < 1.29 is 15.4 Å². The number of furan rings is 1. The molecule has 9 aromatic carbocycles. The van der Waals surface area contributed by atoms with Crippen LogP contribution in [0.25, 0.3) is 98.8 Å². The van der Waals surface area contributed by atoms with E-state index in [9.17, 15) is 5.48 Å². The van der Waals surface area contributed by atoms with Crippen molar-refractivity contribution in [3.8, 4) is 44.5 Å². The molecule has 10 aromatic rings. The highest BCUT2D eigenvalue weighted by Gasteiger charge is 2.20. The van der Waals surface area contributed by atoms with Crippen LogP contribution in [0.2, 0.25) is 0 Å². The van der Waals surface area contributed by atoms with Crippen molar-refractivity contribution in [2.45, 2.75) is 0 Å². The predicted molar refractivity (Wildman–Crippen MR) is 208 cm³/mol. The van der Waals surface area contributed by atoms with Crippen molar-refractivity contribution >= 4 is 54.3 Å². The van der Waals surface area contributed by atoms with Crippen LogP contribution in [0.15, 0.2) is 186 Å². The minimum Gasteiger partial charge on any atom is -0.455 e. The highest BCUT2D eigenvalue weighted by molar-refractivity contribution is 6.23. The Morgan fingerprint density at radius 3 is 1.67 bits per heavy atom. The molecular weight excluding hydrogens is 593 g/mol. The maximum absolute atomic E-state index is 9.44. The molecule has 0 aliphatic carbocycles. The monoisotopic (exact) mass is 630 g/mol. The zero-order chi connectivity index (χ0) is 39.3. The molecule has 0 aliphatic rings. The van der Waals surface area contributed by atoms with E-state index in [1.807, 2.05) is 72.8 Å². The van der Waals surface area contributed by atoms with E-state index < -0.39 is 18.1 Å². The van der Waals surface area contributed by atoms with E-state index in [-0.39, 0.29) is 52.5 Å². The topological polar surface area (TPSA) is 13.1 Å². The second kappa shape index (κ2) is 11.1. The number of fused-ring (bicyclic) bond motifs is 7. The van der Waals surface area contributed by atoms with Gasteiger partial charge in [0.15, 0.2) is 0 Å². The van der Waals surface area contributed by atoms with Gasteiger partial charge in [-0.25, -0.2) is 0 Å². The molecule has 228 valence electrons. The number of benzene rings is 9. The Kier molecular flexibility index (Phi) is 4.69. The third-order valence-corrected chi connectivity index (χ3v) is 9.46. The van der Waals surface area contributed by atoms with Crippen LogP contribution in [0.5, 0.6) is 0 Å². The zero-order valence-corrected chi connectivity index (χ0v) is 26.1. The standard InChI is InChI=1S/C48H30O/c1-2-12-31(13-3-1)32-22-24-34(25-23-32)36-15-6-7-17-38(36)47-41-20-10-8-18-39(41)46(40-19-9-11-21-42(40)47)35-27-29-45-44(30-35)43-28-26-33-14-4-5-16-37(33)48(43)49-45/h1-30H/i6D,7D,15D,17D,22D,23D,24D,25D. The molecule has 1 aromatic heterocycles. The van der Waals surface area contributed by atoms with Gasteiger partial charge in [-0.15, -0.1) is 0 Å². The molecule has 0 spiro atoms. The first kappa shape index (κ1) is 20.7. The Morgan fingerprint density at radius 1 is 0.367 bits per heavy atom. The molecule has 1 heteroatoms. The van der Waals surface area contributed by atoms with Gasteiger partial charge in [-0.2, -0.15) is 0 Å². The van der Waals surface area contributed by atoms with E-state index in [1.54, 1.807) is 30.3 Å². The normalized spacial score (nSPS) is 14.0. The second-order valence-corrected chi connectivity index (χ2v) is 12.2. The van der Waals surface area contributed by atoms with Crippen LogP contribution in [-0.2, 0) is 0 Å². The summed E-state index contributed by atoms with van der Waals surface area (Å²) >= 11 is 0. The van der Waals surface area contributed by atoms with Crippen LogP contribution in [0.1, 0.15) is 11.0 Å². The average Bonchev–Trinajstić information content (AvgIpc) is 3.62. The Labute approximate surface area is 295 Å². The molecule has 0 N–H and O–H groups in total. The first-order valence-electron chi connectivity index (χ1n) is 20.2. The molecule has 0 atom stereocenters. The molecule has 0 radical (unpaired) electrons. The summed E-state index contributed by atoms with van der Waals surface area (Å²) in [6, 6.07) is 39.7. The lowest BCUT2D eigenvalue weighted by molar-refractivity contribution is 0.672. The van der Waals surface area contributed by atoms with Crippen LogP contribution >= 0.6 is 0 Å². The molecule has 1 nitrogen and oxygen atoms in total. The molecule has 1 heterocycles. The van der Waals surface area contributed by atoms with E-state index in [2.05, 4.69) is 30.3 Å². The van der Waals surface area contributed by atoms with Crippen LogP contribution in [-0.4, -0.2) is 0 Å². The third-order valence-electron chi connectivity index (χ3n) is 9.46. The van der Waals surface area contributed by atoms with Gasteiger partial charge in [0.25, 0.3) is 0 Å². The van der Waals surface area contributed by atoms with Crippen LogP contribution in [0.4, 0.5) is 0 Å². The van der Waals surface area contributed by atoms with Gasteiger partial charge in [0.05, 0.1) is 11.0 Å². The fourth-order valence-electron chi connectivity index (χ4n) is 7.24. The van der Waals surface area contributed by atoms with Crippen molar-refractivity contribution in [1.29, 1.82) is 0 Å². The Bertz CT molecular complexity index is 3250.